The van der Waals surface area contributed by atoms with Gasteiger partial charge in [0.1, 0.15) is 22.5 Å². The van der Waals surface area contributed by atoms with Crippen LogP contribution in [0, 0.1) is 0 Å². The molecular formula is C44H28O2. The van der Waals surface area contributed by atoms with Crippen LogP contribution in [-0.2, 0) is 6.42 Å². The highest BCUT2D eigenvalue weighted by atomic mass is 16.3. The van der Waals surface area contributed by atoms with Crippen molar-refractivity contribution in [1.82, 2.24) is 0 Å². The second-order valence-corrected chi connectivity index (χ2v) is 12.3. The maximum atomic E-state index is 6.79. The Hall–Kier alpha value is -5.86. The average molecular weight is 589 g/mol. The van der Waals surface area contributed by atoms with Gasteiger partial charge in [-0.2, -0.15) is 0 Å². The van der Waals surface area contributed by atoms with Crippen LogP contribution in [0.3, 0.4) is 0 Å². The predicted molar refractivity (Wildman–Crippen MR) is 192 cm³/mol. The van der Waals surface area contributed by atoms with Gasteiger partial charge in [0.05, 0.1) is 0 Å². The lowest BCUT2D eigenvalue weighted by Gasteiger charge is -2.19. The van der Waals surface area contributed by atoms with Crippen molar-refractivity contribution in [3.05, 3.63) is 151 Å². The van der Waals surface area contributed by atoms with Gasteiger partial charge >= 0.3 is 0 Å². The minimum Gasteiger partial charge on any atom is -0.456 e. The second kappa shape index (κ2) is 9.82. The van der Waals surface area contributed by atoms with Crippen LogP contribution in [0.2, 0.25) is 0 Å². The zero-order chi connectivity index (χ0) is 30.2. The third kappa shape index (κ3) is 3.64. The number of hydrogen-bond donors (Lipinski definition) is 0. The Morgan fingerprint density at radius 2 is 1.02 bits per heavy atom. The molecule has 216 valence electrons. The van der Waals surface area contributed by atoms with Crippen LogP contribution in [0.4, 0.5) is 0 Å². The Kier molecular flexibility index (Phi) is 5.44. The van der Waals surface area contributed by atoms with Crippen molar-refractivity contribution in [3.63, 3.8) is 0 Å². The third-order valence-electron chi connectivity index (χ3n) is 9.75. The van der Waals surface area contributed by atoms with Gasteiger partial charge in [-0.05, 0) is 68.8 Å². The molecule has 7 aromatic carbocycles. The summed E-state index contributed by atoms with van der Waals surface area (Å²) in [5.41, 5.74) is 11.2. The molecule has 0 radical (unpaired) electrons. The summed E-state index contributed by atoms with van der Waals surface area (Å²) in [4.78, 5) is 0. The fraction of sp³-hybridized carbons (Fsp3) is 0.0455. The normalized spacial score (nSPS) is 13.0. The van der Waals surface area contributed by atoms with E-state index < -0.39 is 0 Å². The fourth-order valence-corrected chi connectivity index (χ4v) is 7.74. The van der Waals surface area contributed by atoms with Crippen molar-refractivity contribution in [3.8, 4) is 33.4 Å². The van der Waals surface area contributed by atoms with E-state index in [2.05, 4.69) is 146 Å². The summed E-state index contributed by atoms with van der Waals surface area (Å²) in [6.45, 7) is 0. The molecule has 0 spiro atoms. The maximum Gasteiger partial charge on any atom is 0.143 e. The third-order valence-corrected chi connectivity index (χ3v) is 9.75. The van der Waals surface area contributed by atoms with Crippen LogP contribution in [0.5, 0.6) is 0 Å². The predicted octanol–water partition coefficient (Wildman–Crippen LogP) is 12.6. The first kappa shape index (κ1) is 25.5. The molecule has 9 aromatic rings. The van der Waals surface area contributed by atoms with E-state index in [9.17, 15) is 0 Å². The molecule has 0 atom stereocenters. The molecule has 46 heavy (non-hydrogen) atoms. The average Bonchev–Trinajstić information content (AvgIpc) is 3.67. The molecule has 0 fully saturated rings. The number of hydrogen-bond acceptors (Lipinski definition) is 2. The Bertz CT molecular complexity index is 2630. The van der Waals surface area contributed by atoms with Crippen LogP contribution in [0.15, 0.2) is 148 Å². The number of fused-ring (bicyclic) bond motifs is 8. The molecule has 2 heteroatoms. The maximum absolute atomic E-state index is 6.79. The van der Waals surface area contributed by atoms with Gasteiger partial charge in [0.15, 0.2) is 0 Å². The van der Waals surface area contributed by atoms with E-state index in [0.717, 1.165) is 51.7 Å². The summed E-state index contributed by atoms with van der Waals surface area (Å²) in [7, 11) is 0. The molecule has 0 amide bonds. The molecule has 0 saturated heterocycles. The number of aryl methyl sites for hydroxylation is 1. The van der Waals surface area contributed by atoms with Gasteiger partial charge in [-0.25, -0.2) is 0 Å². The van der Waals surface area contributed by atoms with Gasteiger partial charge in [0.2, 0.25) is 0 Å². The Labute approximate surface area is 265 Å². The molecule has 0 N–H and O–H groups in total. The summed E-state index contributed by atoms with van der Waals surface area (Å²) in [5.74, 6) is 0.978. The monoisotopic (exact) mass is 588 g/mol. The quantitative estimate of drug-likeness (QED) is 0.192. The summed E-state index contributed by atoms with van der Waals surface area (Å²) in [6.07, 6.45) is 6.34. The van der Waals surface area contributed by atoms with Gasteiger partial charge < -0.3 is 8.83 Å². The molecule has 0 saturated carbocycles. The van der Waals surface area contributed by atoms with Crippen molar-refractivity contribution >= 4 is 60.5 Å². The highest BCUT2D eigenvalue weighted by molar-refractivity contribution is 6.25. The largest absolute Gasteiger partial charge is 0.456 e. The minimum atomic E-state index is 0.854. The van der Waals surface area contributed by atoms with Gasteiger partial charge in [-0.1, -0.05) is 127 Å². The summed E-state index contributed by atoms with van der Waals surface area (Å²) in [6, 6.07) is 48.1. The van der Waals surface area contributed by atoms with Crippen molar-refractivity contribution in [2.75, 3.05) is 0 Å². The van der Waals surface area contributed by atoms with Crippen LogP contribution < -0.4 is 0 Å². The van der Waals surface area contributed by atoms with E-state index in [0.29, 0.717) is 0 Å². The van der Waals surface area contributed by atoms with Gasteiger partial charge in [-0.3, -0.25) is 0 Å². The van der Waals surface area contributed by atoms with Gasteiger partial charge in [-0.15, -0.1) is 0 Å². The van der Waals surface area contributed by atoms with Crippen molar-refractivity contribution in [1.29, 1.82) is 0 Å². The topological polar surface area (TPSA) is 26.3 Å². The molecule has 0 bridgehead atoms. The van der Waals surface area contributed by atoms with Crippen LogP contribution >= 0.6 is 0 Å². The Balaban J connectivity index is 1.29. The Morgan fingerprint density at radius 1 is 0.435 bits per heavy atom. The zero-order valence-corrected chi connectivity index (χ0v) is 25.1. The fourth-order valence-electron chi connectivity index (χ4n) is 7.74. The van der Waals surface area contributed by atoms with E-state index >= 15 is 0 Å². The first-order valence-corrected chi connectivity index (χ1v) is 16.0. The zero-order valence-electron chi connectivity index (χ0n) is 25.1. The highest BCUT2D eigenvalue weighted by Crippen LogP contribution is 2.48. The number of furan rings is 2. The van der Waals surface area contributed by atoms with E-state index in [1.54, 1.807) is 0 Å². The molecule has 10 rings (SSSR count). The van der Waals surface area contributed by atoms with Crippen LogP contribution in [0.1, 0.15) is 17.7 Å². The van der Waals surface area contributed by atoms with E-state index in [4.69, 9.17) is 8.83 Å². The van der Waals surface area contributed by atoms with E-state index in [1.807, 2.05) is 0 Å². The Morgan fingerprint density at radius 3 is 1.76 bits per heavy atom. The molecular weight excluding hydrogens is 560 g/mol. The lowest BCUT2D eigenvalue weighted by Crippen LogP contribution is -1.92. The second-order valence-electron chi connectivity index (χ2n) is 12.3. The van der Waals surface area contributed by atoms with Crippen molar-refractivity contribution < 1.29 is 8.83 Å². The SMILES string of the molecule is C1=Cc2oc3cc4oc5c(-c6c7ccccc7c(-c7ccccc7-c7ccccc7)c7ccccc67)cccc5c4cc3c2CC1. The number of benzene rings is 7. The van der Waals surface area contributed by atoms with Crippen LogP contribution in [0.25, 0.3) is 93.9 Å². The summed E-state index contributed by atoms with van der Waals surface area (Å²) >= 11 is 0. The summed E-state index contributed by atoms with van der Waals surface area (Å²) < 4.78 is 13.1. The van der Waals surface area contributed by atoms with Gasteiger partial charge in [0, 0.05) is 38.9 Å². The lowest BCUT2D eigenvalue weighted by molar-refractivity contribution is 0.594. The molecule has 2 nitrogen and oxygen atoms in total. The standard InChI is InChI=1S/C44H28O2/c1-2-13-27(14-3-1)28-15-4-5-17-30(28)42-31-18-6-8-20-33(31)43(34-21-9-7-19-32(34)42)36-23-12-22-35-38-25-37-29-16-10-11-24-39(29)45-40(37)26-41(38)46-44(35)36/h1-9,11-15,17-26H,10,16H2. The molecule has 1 aliphatic carbocycles. The van der Waals surface area contributed by atoms with E-state index in [-0.39, 0.29) is 0 Å². The number of para-hydroxylation sites is 1. The lowest BCUT2D eigenvalue weighted by atomic mass is 9.83. The smallest absolute Gasteiger partial charge is 0.143 e. The minimum absolute atomic E-state index is 0.854. The molecule has 2 heterocycles. The van der Waals surface area contributed by atoms with Gasteiger partial charge in [0.25, 0.3) is 0 Å². The van der Waals surface area contributed by atoms with Crippen LogP contribution in [-0.4, -0.2) is 0 Å². The molecule has 2 aromatic heterocycles. The van der Waals surface area contributed by atoms with Crippen molar-refractivity contribution in [2.24, 2.45) is 0 Å². The highest BCUT2D eigenvalue weighted by Gasteiger charge is 2.23. The molecule has 0 aliphatic heterocycles. The molecule has 1 aliphatic rings. The molecule has 0 unspecified atom stereocenters. The first-order valence-electron chi connectivity index (χ1n) is 16.0. The van der Waals surface area contributed by atoms with Crippen molar-refractivity contribution in [2.45, 2.75) is 12.8 Å². The summed E-state index contributed by atoms with van der Waals surface area (Å²) in [5, 5.41) is 8.32. The number of rotatable bonds is 3. The van der Waals surface area contributed by atoms with E-state index in [1.165, 1.54) is 60.3 Å². The first-order chi connectivity index (χ1) is 22.8. The number of allylic oxidation sites excluding steroid dienone is 1.